The van der Waals surface area contributed by atoms with E-state index in [0.29, 0.717) is 28.7 Å². The third-order valence-electron chi connectivity index (χ3n) is 8.07. The Hall–Kier alpha value is -4.39. The number of nitrogens with one attached hydrogen (secondary N) is 1. The summed E-state index contributed by atoms with van der Waals surface area (Å²) in [6, 6.07) is 16.0. The number of halogens is 6. The molecule has 5 rings (SSSR count). The summed E-state index contributed by atoms with van der Waals surface area (Å²) < 4.78 is 81.3. The summed E-state index contributed by atoms with van der Waals surface area (Å²) in [6.45, 7) is 0.205. The van der Waals surface area contributed by atoms with Gasteiger partial charge in [-0.3, -0.25) is 9.59 Å². The topological polar surface area (TPSA) is 82.5 Å². The van der Waals surface area contributed by atoms with E-state index >= 15 is 0 Å². The number of benzene rings is 3. The lowest BCUT2D eigenvalue weighted by atomic mass is 9.84. The maximum Gasteiger partial charge on any atom is 0.416 e. The highest BCUT2D eigenvalue weighted by Gasteiger charge is 2.37. The number of aliphatic carboxylic acids is 1. The summed E-state index contributed by atoms with van der Waals surface area (Å²) in [5, 5.41) is 13.1. The molecular weight excluding hydrogens is 644 g/mol. The minimum atomic E-state index is -4.99. The van der Waals surface area contributed by atoms with Crippen LogP contribution in [-0.2, 0) is 23.7 Å². The van der Waals surface area contributed by atoms with Gasteiger partial charge in [-0.2, -0.15) is 26.3 Å². The summed E-state index contributed by atoms with van der Waals surface area (Å²) in [5.74, 6) is -1.01. The van der Waals surface area contributed by atoms with Gasteiger partial charge in [0.1, 0.15) is 0 Å². The molecule has 0 aliphatic heterocycles. The van der Waals surface area contributed by atoms with Crippen molar-refractivity contribution < 1.29 is 41.0 Å². The molecule has 0 saturated heterocycles. The van der Waals surface area contributed by atoms with Crippen LogP contribution >= 0.6 is 11.3 Å². The van der Waals surface area contributed by atoms with Crippen LogP contribution in [0.2, 0.25) is 0 Å². The van der Waals surface area contributed by atoms with Gasteiger partial charge in [-0.15, -0.1) is 11.3 Å². The molecule has 1 amide bonds. The van der Waals surface area contributed by atoms with Gasteiger partial charge in [-0.25, -0.2) is 4.98 Å². The molecule has 1 fully saturated rings. The zero-order chi connectivity index (χ0) is 33.8. The Balaban J connectivity index is 1.46. The summed E-state index contributed by atoms with van der Waals surface area (Å²) in [6.07, 6.45) is -4.43. The van der Waals surface area contributed by atoms with Gasteiger partial charge in [0.05, 0.1) is 29.8 Å². The van der Waals surface area contributed by atoms with Crippen molar-refractivity contribution in [3.63, 3.8) is 0 Å². The number of carboxylic acid groups (broad SMARTS) is 1. The molecule has 47 heavy (non-hydrogen) atoms. The molecule has 0 spiro atoms. The smallest absolute Gasteiger partial charge is 0.416 e. The van der Waals surface area contributed by atoms with E-state index in [9.17, 15) is 35.9 Å². The SMILES string of the molecule is O=C(O)CCNC(=O)c1ccc(CN(c2ccc(C3CCCCC3)cc2)c2nc(-c3cc(C(F)(F)F)cc(C(F)(F)F)c3)cs2)cc1. The Kier molecular flexibility index (Phi) is 10.2. The van der Waals surface area contributed by atoms with Crippen LogP contribution in [0.4, 0.5) is 37.2 Å². The number of nitrogens with zero attached hydrogens (tertiary/aromatic N) is 2. The number of anilines is 2. The van der Waals surface area contributed by atoms with Crippen molar-refractivity contribution in [3.05, 3.63) is 99.9 Å². The van der Waals surface area contributed by atoms with Crippen LogP contribution in [0.3, 0.4) is 0 Å². The molecule has 1 heterocycles. The van der Waals surface area contributed by atoms with E-state index in [1.54, 1.807) is 24.3 Å². The molecule has 1 saturated carbocycles. The van der Waals surface area contributed by atoms with Crippen LogP contribution in [-0.4, -0.2) is 28.5 Å². The van der Waals surface area contributed by atoms with Gasteiger partial charge in [0.2, 0.25) is 0 Å². The number of aromatic nitrogens is 1. The predicted molar refractivity (Wildman–Crippen MR) is 167 cm³/mol. The lowest BCUT2D eigenvalue weighted by Gasteiger charge is -2.25. The third kappa shape index (κ3) is 8.70. The van der Waals surface area contributed by atoms with Gasteiger partial charge < -0.3 is 15.3 Å². The molecule has 0 unspecified atom stereocenters. The Morgan fingerprint density at radius 3 is 2.06 bits per heavy atom. The Morgan fingerprint density at radius 1 is 0.872 bits per heavy atom. The van der Waals surface area contributed by atoms with E-state index < -0.39 is 35.4 Å². The van der Waals surface area contributed by atoms with E-state index in [1.807, 2.05) is 29.2 Å². The first-order valence-corrected chi connectivity index (χ1v) is 15.9. The molecule has 1 aromatic heterocycles. The normalized spacial score (nSPS) is 14.2. The largest absolute Gasteiger partial charge is 0.481 e. The van der Waals surface area contributed by atoms with E-state index in [-0.39, 0.29) is 36.8 Å². The zero-order valence-electron chi connectivity index (χ0n) is 25.0. The fraction of sp³-hybridized carbons (Fsp3) is 0.324. The number of hydrogen-bond donors (Lipinski definition) is 2. The molecule has 4 aromatic rings. The summed E-state index contributed by atoms with van der Waals surface area (Å²) in [4.78, 5) is 29.5. The molecule has 6 nitrogen and oxygen atoms in total. The third-order valence-corrected chi connectivity index (χ3v) is 8.93. The lowest BCUT2D eigenvalue weighted by Crippen LogP contribution is -2.26. The van der Waals surface area contributed by atoms with Crippen molar-refractivity contribution in [1.82, 2.24) is 10.3 Å². The predicted octanol–water partition coefficient (Wildman–Crippen LogP) is 9.44. The number of carboxylic acids is 1. The fourth-order valence-corrected chi connectivity index (χ4v) is 6.44. The molecule has 1 aliphatic carbocycles. The molecule has 0 radical (unpaired) electrons. The van der Waals surface area contributed by atoms with Crippen molar-refractivity contribution in [1.29, 1.82) is 0 Å². The molecule has 1 aliphatic rings. The first kappa shape index (κ1) is 34.0. The summed E-state index contributed by atoms with van der Waals surface area (Å²) >= 11 is 1.09. The molecule has 3 aromatic carbocycles. The Bertz CT molecular complexity index is 1660. The standard InChI is InChI=1S/C34H31F6N3O3S/c35-33(36,37)26-16-25(17-27(18-26)34(38,39)40)29-20-47-32(42-29)43(28-12-10-23(11-13-28)22-4-2-1-3-5-22)19-21-6-8-24(9-7-21)31(46)41-15-14-30(44)45/h6-13,16-18,20,22H,1-5,14-15,19H2,(H,41,46)(H,44,45). The number of thiazole rings is 1. The molecule has 0 bridgehead atoms. The van der Waals surface area contributed by atoms with Gasteiger partial charge in [0, 0.05) is 28.7 Å². The number of carbonyl (C=O) groups excluding carboxylic acids is 1. The second-order valence-electron chi connectivity index (χ2n) is 11.4. The van der Waals surface area contributed by atoms with Crippen molar-refractivity contribution in [2.45, 2.75) is 63.3 Å². The van der Waals surface area contributed by atoms with Crippen molar-refractivity contribution in [2.24, 2.45) is 0 Å². The Labute approximate surface area is 271 Å². The van der Waals surface area contributed by atoms with Gasteiger partial charge >= 0.3 is 18.3 Å². The number of rotatable bonds is 10. The highest BCUT2D eigenvalue weighted by atomic mass is 32.1. The van der Waals surface area contributed by atoms with Crippen LogP contribution in [0.25, 0.3) is 11.3 Å². The number of carbonyl (C=O) groups is 2. The molecule has 2 N–H and O–H groups in total. The van der Waals surface area contributed by atoms with E-state index in [4.69, 9.17) is 5.11 Å². The number of alkyl halides is 6. The quantitative estimate of drug-likeness (QED) is 0.164. The maximum atomic E-state index is 13.5. The highest BCUT2D eigenvalue weighted by Crippen LogP contribution is 2.41. The molecule has 13 heteroatoms. The second-order valence-corrected chi connectivity index (χ2v) is 12.3. The van der Waals surface area contributed by atoms with E-state index in [2.05, 4.69) is 10.3 Å². The fourth-order valence-electron chi connectivity index (χ4n) is 5.58. The minimum Gasteiger partial charge on any atom is -0.481 e. The first-order chi connectivity index (χ1) is 22.3. The minimum absolute atomic E-state index is 0.0245. The average molecular weight is 676 g/mol. The molecule has 0 atom stereocenters. The van der Waals surface area contributed by atoms with Crippen LogP contribution in [0.5, 0.6) is 0 Å². The van der Waals surface area contributed by atoms with E-state index in [1.165, 1.54) is 30.2 Å². The van der Waals surface area contributed by atoms with Gasteiger partial charge in [-0.05, 0) is 72.4 Å². The van der Waals surface area contributed by atoms with Gasteiger partial charge in [0.15, 0.2) is 5.13 Å². The van der Waals surface area contributed by atoms with Crippen LogP contribution in [0.1, 0.15) is 77.1 Å². The molecule has 248 valence electrons. The first-order valence-electron chi connectivity index (χ1n) is 15.0. The number of amides is 1. The maximum absolute atomic E-state index is 13.5. The zero-order valence-corrected chi connectivity index (χ0v) is 25.8. The highest BCUT2D eigenvalue weighted by molar-refractivity contribution is 7.14. The summed E-state index contributed by atoms with van der Waals surface area (Å²) in [5.41, 5.74) is -0.170. The van der Waals surface area contributed by atoms with Crippen LogP contribution in [0, 0.1) is 0 Å². The summed E-state index contributed by atoms with van der Waals surface area (Å²) in [7, 11) is 0. The van der Waals surface area contributed by atoms with Gasteiger partial charge in [0.25, 0.3) is 5.91 Å². The van der Waals surface area contributed by atoms with Crippen molar-refractivity contribution >= 4 is 34.0 Å². The van der Waals surface area contributed by atoms with Crippen LogP contribution < -0.4 is 10.2 Å². The van der Waals surface area contributed by atoms with Crippen molar-refractivity contribution in [3.8, 4) is 11.3 Å². The van der Waals surface area contributed by atoms with Crippen LogP contribution in [0.15, 0.2) is 72.1 Å². The monoisotopic (exact) mass is 675 g/mol. The Morgan fingerprint density at radius 2 is 1.49 bits per heavy atom. The second kappa shape index (κ2) is 14.2. The lowest BCUT2D eigenvalue weighted by molar-refractivity contribution is -0.143. The molecular formula is C34H31F6N3O3S. The van der Waals surface area contributed by atoms with Gasteiger partial charge in [-0.1, -0.05) is 43.5 Å². The van der Waals surface area contributed by atoms with E-state index in [0.717, 1.165) is 35.4 Å². The van der Waals surface area contributed by atoms with Crippen molar-refractivity contribution in [2.75, 3.05) is 11.4 Å². The number of hydrogen-bond acceptors (Lipinski definition) is 5. The average Bonchev–Trinajstić information content (AvgIpc) is 3.53.